The van der Waals surface area contributed by atoms with E-state index in [4.69, 9.17) is 15.4 Å². The topological polar surface area (TPSA) is 53.7 Å². The lowest BCUT2D eigenvalue weighted by Crippen LogP contribution is -2.04. The van der Waals surface area contributed by atoms with Gasteiger partial charge in [0, 0.05) is 5.56 Å². The smallest absolute Gasteiger partial charge is 0.166 e. The largest absolute Gasteiger partial charge is 0.493 e. The minimum atomic E-state index is 0.312. The number of para-hydroxylation sites is 1. The van der Waals surface area contributed by atoms with Crippen LogP contribution in [0.5, 0.6) is 11.5 Å². The fraction of sp³-hybridized carbons (Fsp3) is 0.400. The average Bonchev–Trinajstić information content (AvgIpc) is 2.21. The molecule has 0 atom stereocenters. The van der Waals surface area contributed by atoms with Crippen molar-refractivity contribution in [3.05, 3.63) is 23.8 Å². The molecule has 1 aromatic carbocycles. The van der Waals surface area contributed by atoms with Gasteiger partial charge in [-0.25, -0.2) is 5.90 Å². The molecule has 0 saturated heterocycles. The minimum absolute atomic E-state index is 0.312. The summed E-state index contributed by atoms with van der Waals surface area (Å²) < 4.78 is 10.6. The lowest BCUT2D eigenvalue weighted by atomic mass is 10.2. The Bertz CT molecular complexity index is 289. The van der Waals surface area contributed by atoms with E-state index in [-0.39, 0.29) is 0 Å². The molecule has 0 saturated carbocycles. The summed E-state index contributed by atoms with van der Waals surface area (Å²) in [6, 6.07) is 5.60. The number of benzene rings is 1. The number of nitrogens with two attached hydrogens (primary N) is 1. The molecule has 0 unspecified atom stereocenters. The van der Waals surface area contributed by atoms with E-state index in [0.717, 1.165) is 5.56 Å². The SMILES string of the molecule is CCOc1c(CON)cccc1OC. The van der Waals surface area contributed by atoms with Crippen LogP contribution in [0.2, 0.25) is 0 Å². The maximum atomic E-state index is 5.45. The molecule has 0 aromatic heterocycles. The van der Waals surface area contributed by atoms with Crippen LogP contribution in [-0.4, -0.2) is 13.7 Å². The van der Waals surface area contributed by atoms with Crippen molar-refractivity contribution in [2.45, 2.75) is 13.5 Å². The van der Waals surface area contributed by atoms with E-state index in [1.165, 1.54) is 0 Å². The third-order valence-electron chi connectivity index (χ3n) is 1.81. The Morgan fingerprint density at radius 1 is 1.36 bits per heavy atom. The van der Waals surface area contributed by atoms with Gasteiger partial charge < -0.3 is 9.47 Å². The average molecular weight is 197 g/mol. The summed E-state index contributed by atoms with van der Waals surface area (Å²) in [5, 5.41) is 0. The van der Waals surface area contributed by atoms with Gasteiger partial charge in [-0.3, -0.25) is 4.84 Å². The van der Waals surface area contributed by atoms with Crippen molar-refractivity contribution in [1.29, 1.82) is 0 Å². The molecule has 4 nitrogen and oxygen atoms in total. The first-order valence-corrected chi connectivity index (χ1v) is 4.43. The monoisotopic (exact) mass is 197 g/mol. The zero-order valence-electron chi connectivity index (χ0n) is 8.45. The van der Waals surface area contributed by atoms with Crippen molar-refractivity contribution in [2.24, 2.45) is 5.90 Å². The van der Waals surface area contributed by atoms with Crippen LogP contribution in [0.3, 0.4) is 0 Å². The zero-order valence-corrected chi connectivity index (χ0v) is 8.45. The fourth-order valence-corrected chi connectivity index (χ4v) is 1.23. The predicted molar refractivity (Wildman–Crippen MR) is 53.1 cm³/mol. The molecule has 14 heavy (non-hydrogen) atoms. The molecule has 0 aliphatic carbocycles. The second-order valence-corrected chi connectivity index (χ2v) is 2.69. The van der Waals surface area contributed by atoms with E-state index in [1.54, 1.807) is 7.11 Å². The van der Waals surface area contributed by atoms with Crippen molar-refractivity contribution < 1.29 is 14.3 Å². The molecule has 0 aliphatic heterocycles. The Morgan fingerprint density at radius 3 is 2.71 bits per heavy atom. The van der Waals surface area contributed by atoms with Gasteiger partial charge in [-0.2, -0.15) is 0 Å². The Labute approximate surface area is 83.5 Å². The van der Waals surface area contributed by atoms with Gasteiger partial charge >= 0.3 is 0 Å². The molecule has 0 fully saturated rings. The van der Waals surface area contributed by atoms with Gasteiger partial charge in [0.25, 0.3) is 0 Å². The standard InChI is InChI=1S/C10H15NO3/c1-3-13-10-8(7-14-11)5-4-6-9(10)12-2/h4-6H,3,7,11H2,1-2H3. The number of ether oxygens (including phenoxy) is 2. The van der Waals surface area contributed by atoms with Crippen LogP contribution in [0.4, 0.5) is 0 Å². The van der Waals surface area contributed by atoms with Crippen molar-refractivity contribution in [3.8, 4) is 11.5 Å². The van der Waals surface area contributed by atoms with Crippen molar-refractivity contribution in [3.63, 3.8) is 0 Å². The third kappa shape index (κ3) is 2.37. The third-order valence-corrected chi connectivity index (χ3v) is 1.81. The van der Waals surface area contributed by atoms with E-state index in [9.17, 15) is 0 Å². The molecule has 0 spiro atoms. The molecule has 2 N–H and O–H groups in total. The van der Waals surface area contributed by atoms with Crippen LogP contribution in [0.25, 0.3) is 0 Å². The second-order valence-electron chi connectivity index (χ2n) is 2.69. The molecular weight excluding hydrogens is 182 g/mol. The molecule has 78 valence electrons. The van der Waals surface area contributed by atoms with Gasteiger partial charge in [0.2, 0.25) is 0 Å². The molecule has 1 rings (SSSR count). The first kappa shape index (κ1) is 10.8. The Morgan fingerprint density at radius 2 is 2.14 bits per heavy atom. The predicted octanol–water partition coefficient (Wildman–Crippen LogP) is 1.48. The molecule has 0 heterocycles. The first-order chi connectivity index (χ1) is 6.83. The maximum Gasteiger partial charge on any atom is 0.166 e. The lowest BCUT2D eigenvalue weighted by Gasteiger charge is -2.12. The van der Waals surface area contributed by atoms with E-state index in [1.807, 2.05) is 25.1 Å². The summed E-state index contributed by atoms with van der Waals surface area (Å²) in [6.07, 6.45) is 0. The van der Waals surface area contributed by atoms with E-state index >= 15 is 0 Å². The highest BCUT2D eigenvalue weighted by Crippen LogP contribution is 2.31. The summed E-state index contributed by atoms with van der Waals surface area (Å²) in [5.41, 5.74) is 0.883. The lowest BCUT2D eigenvalue weighted by molar-refractivity contribution is 0.121. The van der Waals surface area contributed by atoms with E-state index < -0.39 is 0 Å². The van der Waals surface area contributed by atoms with Crippen LogP contribution in [0.1, 0.15) is 12.5 Å². The Balaban J connectivity index is 3.00. The molecule has 1 aromatic rings. The van der Waals surface area contributed by atoms with E-state index in [0.29, 0.717) is 24.7 Å². The van der Waals surface area contributed by atoms with Gasteiger partial charge in [0.1, 0.15) is 0 Å². The molecular formula is C10H15NO3. The molecule has 0 bridgehead atoms. The van der Waals surface area contributed by atoms with Crippen LogP contribution in [0, 0.1) is 0 Å². The number of rotatable bonds is 5. The van der Waals surface area contributed by atoms with Crippen LogP contribution in [0.15, 0.2) is 18.2 Å². The summed E-state index contributed by atoms with van der Waals surface area (Å²) in [7, 11) is 1.60. The maximum absolute atomic E-state index is 5.45. The van der Waals surface area contributed by atoms with E-state index in [2.05, 4.69) is 4.84 Å². The van der Waals surface area contributed by atoms with Gasteiger partial charge in [-0.05, 0) is 13.0 Å². The van der Waals surface area contributed by atoms with Gasteiger partial charge in [-0.1, -0.05) is 12.1 Å². The number of hydrogen-bond acceptors (Lipinski definition) is 4. The Hall–Kier alpha value is -1.26. The highest BCUT2D eigenvalue weighted by atomic mass is 16.6. The summed E-state index contributed by atoms with van der Waals surface area (Å²) in [6.45, 7) is 2.81. The summed E-state index contributed by atoms with van der Waals surface area (Å²) in [5.74, 6) is 6.41. The number of methoxy groups -OCH3 is 1. The minimum Gasteiger partial charge on any atom is -0.493 e. The van der Waals surface area contributed by atoms with Crippen molar-refractivity contribution in [1.82, 2.24) is 0 Å². The first-order valence-electron chi connectivity index (χ1n) is 4.43. The van der Waals surface area contributed by atoms with Gasteiger partial charge in [0.15, 0.2) is 11.5 Å². The van der Waals surface area contributed by atoms with Crippen molar-refractivity contribution in [2.75, 3.05) is 13.7 Å². The molecule has 0 radical (unpaired) electrons. The van der Waals surface area contributed by atoms with Gasteiger partial charge in [-0.15, -0.1) is 0 Å². The van der Waals surface area contributed by atoms with Crippen molar-refractivity contribution >= 4 is 0 Å². The van der Waals surface area contributed by atoms with Crippen LogP contribution >= 0.6 is 0 Å². The zero-order chi connectivity index (χ0) is 10.4. The highest BCUT2D eigenvalue weighted by molar-refractivity contribution is 5.46. The Kier molecular flexibility index (Phi) is 4.22. The highest BCUT2D eigenvalue weighted by Gasteiger charge is 2.09. The molecule has 0 amide bonds. The quantitative estimate of drug-likeness (QED) is 0.726. The second kappa shape index (κ2) is 5.47. The molecule has 0 aliphatic rings. The van der Waals surface area contributed by atoms with Crippen LogP contribution in [-0.2, 0) is 11.4 Å². The number of hydrogen-bond donors (Lipinski definition) is 1. The van der Waals surface area contributed by atoms with Crippen LogP contribution < -0.4 is 15.4 Å². The summed E-state index contributed by atoms with van der Waals surface area (Å²) in [4.78, 5) is 4.58. The normalized spacial score (nSPS) is 9.93. The molecule has 4 heteroatoms. The fourth-order valence-electron chi connectivity index (χ4n) is 1.23. The van der Waals surface area contributed by atoms with Gasteiger partial charge in [0.05, 0.1) is 20.3 Å². The summed E-state index contributed by atoms with van der Waals surface area (Å²) >= 11 is 0.